The van der Waals surface area contributed by atoms with Gasteiger partial charge in [-0.25, -0.2) is 4.39 Å². The zero-order valence-electron chi connectivity index (χ0n) is 8.88. The molecular weight excluding hydrogens is 256 g/mol. The van der Waals surface area contributed by atoms with Crippen molar-refractivity contribution < 1.29 is 32.3 Å². The van der Waals surface area contributed by atoms with E-state index in [0.29, 0.717) is 12.1 Å². The van der Waals surface area contributed by atoms with Crippen LogP contribution in [0.5, 0.6) is 0 Å². The molecule has 0 aliphatic heterocycles. The van der Waals surface area contributed by atoms with Crippen LogP contribution in [0.15, 0.2) is 18.2 Å². The number of carboxylic acids is 1. The van der Waals surface area contributed by atoms with Crippen LogP contribution in [0.3, 0.4) is 0 Å². The van der Waals surface area contributed by atoms with E-state index in [4.69, 9.17) is 0 Å². The summed E-state index contributed by atoms with van der Waals surface area (Å²) >= 11 is 0. The number of hydrogen-bond donors (Lipinski definition) is 0. The number of aliphatic carboxylic acids is 1. The molecule has 1 rings (SSSR count). The molecule has 0 aromatic heterocycles. The summed E-state index contributed by atoms with van der Waals surface area (Å²) in [6.07, 6.45) is -6.24. The first kappa shape index (κ1) is 14.1. The molecule has 0 radical (unpaired) electrons. The lowest BCUT2D eigenvalue weighted by molar-refractivity contribution is -0.304. The summed E-state index contributed by atoms with van der Waals surface area (Å²) in [4.78, 5) is 21.2. The summed E-state index contributed by atoms with van der Waals surface area (Å²) in [5, 5.41) is 10.1. The van der Waals surface area contributed by atoms with Gasteiger partial charge in [0.2, 0.25) is 0 Å². The SMILES string of the molecule is O=C([O-])CC(=O)Cc1cc(F)cc(C(F)(F)F)c1. The Morgan fingerprint density at radius 3 is 2.28 bits per heavy atom. The van der Waals surface area contributed by atoms with Gasteiger partial charge < -0.3 is 9.90 Å². The normalized spacial score (nSPS) is 11.3. The second kappa shape index (κ2) is 5.16. The molecule has 0 atom stereocenters. The van der Waals surface area contributed by atoms with Crippen molar-refractivity contribution in [2.45, 2.75) is 19.0 Å². The van der Waals surface area contributed by atoms with Crippen molar-refractivity contribution in [3.63, 3.8) is 0 Å². The van der Waals surface area contributed by atoms with Gasteiger partial charge >= 0.3 is 6.18 Å². The lowest BCUT2D eigenvalue weighted by Crippen LogP contribution is -2.26. The molecular formula is C11H7F4O3-. The van der Waals surface area contributed by atoms with Gasteiger partial charge in [0.15, 0.2) is 0 Å². The van der Waals surface area contributed by atoms with E-state index in [1.165, 1.54) is 0 Å². The molecule has 0 amide bonds. The molecule has 7 heteroatoms. The molecule has 98 valence electrons. The van der Waals surface area contributed by atoms with Gasteiger partial charge in [-0.15, -0.1) is 0 Å². The van der Waals surface area contributed by atoms with E-state index in [-0.39, 0.29) is 5.56 Å². The first-order valence-corrected chi connectivity index (χ1v) is 4.76. The number of Topliss-reactive ketones (excluding diaryl/α,β-unsaturated/α-hetero) is 1. The number of rotatable bonds is 4. The molecule has 0 aliphatic rings. The fourth-order valence-electron chi connectivity index (χ4n) is 1.37. The van der Waals surface area contributed by atoms with Crippen molar-refractivity contribution in [2.75, 3.05) is 0 Å². The van der Waals surface area contributed by atoms with Gasteiger partial charge in [0.25, 0.3) is 0 Å². The average Bonchev–Trinajstić information content (AvgIpc) is 2.13. The first-order chi connectivity index (χ1) is 8.18. The number of carbonyl (C=O) groups is 2. The number of carbonyl (C=O) groups excluding carboxylic acids is 2. The van der Waals surface area contributed by atoms with E-state index in [2.05, 4.69) is 0 Å². The number of carboxylic acid groups (broad SMARTS) is 1. The van der Waals surface area contributed by atoms with E-state index in [0.717, 1.165) is 6.07 Å². The number of halogens is 4. The predicted molar refractivity (Wildman–Crippen MR) is 49.7 cm³/mol. The van der Waals surface area contributed by atoms with Gasteiger partial charge in [0.05, 0.1) is 5.56 Å². The van der Waals surface area contributed by atoms with Gasteiger partial charge in [0.1, 0.15) is 11.6 Å². The topological polar surface area (TPSA) is 57.2 Å². The van der Waals surface area contributed by atoms with Gasteiger partial charge in [0, 0.05) is 18.8 Å². The fraction of sp³-hybridized carbons (Fsp3) is 0.273. The Morgan fingerprint density at radius 2 is 1.78 bits per heavy atom. The fourth-order valence-corrected chi connectivity index (χ4v) is 1.37. The lowest BCUT2D eigenvalue weighted by Gasteiger charge is -2.09. The van der Waals surface area contributed by atoms with Crippen LogP contribution in [-0.2, 0) is 22.2 Å². The molecule has 18 heavy (non-hydrogen) atoms. The van der Waals surface area contributed by atoms with Crippen LogP contribution in [0.2, 0.25) is 0 Å². The average molecular weight is 263 g/mol. The van der Waals surface area contributed by atoms with Crippen molar-refractivity contribution in [3.05, 3.63) is 35.1 Å². The largest absolute Gasteiger partial charge is 0.550 e. The minimum Gasteiger partial charge on any atom is -0.550 e. The van der Waals surface area contributed by atoms with Crippen molar-refractivity contribution in [2.24, 2.45) is 0 Å². The van der Waals surface area contributed by atoms with Crippen molar-refractivity contribution in [1.82, 2.24) is 0 Å². The summed E-state index contributed by atoms with van der Waals surface area (Å²) in [5.74, 6) is -3.62. The predicted octanol–water partition coefficient (Wildman–Crippen LogP) is 1.10. The molecule has 1 aromatic rings. The first-order valence-electron chi connectivity index (χ1n) is 4.76. The van der Waals surface area contributed by atoms with Crippen LogP contribution in [0.25, 0.3) is 0 Å². The monoisotopic (exact) mass is 263 g/mol. The Kier molecular flexibility index (Phi) is 4.05. The zero-order chi connectivity index (χ0) is 13.9. The van der Waals surface area contributed by atoms with Crippen LogP contribution in [0, 0.1) is 5.82 Å². The standard InChI is InChI=1S/C11H8F4O3/c12-8-2-6(3-9(16)5-10(17)18)1-7(4-8)11(13,14)15/h1-2,4H,3,5H2,(H,17,18)/p-1. The molecule has 0 spiro atoms. The minimum absolute atomic E-state index is 0.228. The van der Waals surface area contributed by atoms with Crippen molar-refractivity contribution >= 4 is 11.8 Å². The van der Waals surface area contributed by atoms with Gasteiger partial charge in [-0.3, -0.25) is 4.79 Å². The molecule has 0 saturated carbocycles. The molecule has 3 nitrogen and oxygen atoms in total. The smallest absolute Gasteiger partial charge is 0.416 e. The third-order valence-electron chi connectivity index (χ3n) is 2.03. The number of ketones is 1. The summed E-state index contributed by atoms with van der Waals surface area (Å²) < 4.78 is 50.0. The Hall–Kier alpha value is -1.92. The lowest BCUT2D eigenvalue weighted by atomic mass is 10.0. The van der Waals surface area contributed by atoms with Crippen molar-refractivity contribution in [1.29, 1.82) is 0 Å². The number of benzene rings is 1. The molecule has 0 N–H and O–H groups in total. The molecule has 0 saturated heterocycles. The molecule has 0 fully saturated rings. The van der Waals surface area contributed by atoms with Crippen LogP contribution in [0.4, 0.5) is 17.6 Å². The van der Waals surface area contributed by atoms with Gasteiger partial charge in [-0.2, -0.15) is 13.2 Å². The number of hydrogen-bond acceptors (Lipinski definition) is 3. The van der Waals surface area contributed by atoms with Gasteiger partial charge in [-0.05, 0) is 23.8 Å². The second-order valence-electron chi connectivity index (χ2n) is 3.61. The molecule has 1 aromatic carbocycles. The third-order valence-corrected chi connectivity index (χ3v) is 2.03. The highest BCUT2D eigenvalue weighted by molar-refractivity contribution is 5.94. The van der Waals surface area contributed by atoms with Gasteiger partial charge in [-0.1, -0.05) is 0 Å². The van der Waals surface area contributed by atoms with E-state index >= 15 is 0 Å². The van der Waals surface area contributed by atoms with Crippen LogP contribution < -0.4 is 5.11 Å². The zero-order valence-corrected chi connectivity index (χ0v) is 8.88. The maximum Gasteiger partial charge on any atom is 0.416 e. The van der Waals surface area contributed by atoms with E-state index in [1.54, 1.807) is 0 Å². The Labute approximate surface area is 99.0 Å². The molecule has 0 bridgehead atoms. The summed E-state index contributed by atoms with van der Waals surface area (Å²) in [5.41, 5.74) is -1.45. The highest BCUT2D eigenvalue weighted by Gasteiger charge is 2.31. The summed E-state index contributed by atoms with van der Waals surface area (Å²) in [6, 6.07) is 1.66. The van der Waals surface area contributed by atoms with Crippen LogP contribution in [0.1, 0.15) is 17.5 Å². The van der Waals surface area contributed by atoms with E-state index < -0.39 is 42.2 Å². The second-order valence-corrected chi connectivity index (χ2v) is 3.61. The summed E-state index contributed by atoms with van der Waals surface area (Å²) in [7, 11) is 0. The molecule has 0 heterocycles. The highest BCUT2D eigenvalue weighted by Crippen LogP contribution is 2.30. The van der Waals surface area contributed by atoms with Crippen LogP contribution in [-0.4, -0.2) is 11.8 Å². The van der Waals surface area contributed by atoms with E-state index in [9.17, 15) is 32.3 Å². The molecule has 0 aliphatic carbocycles. The third kappa shape index (κ3) is 4.15. The quantitative estimate of drug-likeness (QED) is 0.603. The van der Waals surface area contributed by atoms with Crippen LogP contribution >= 0.6 is 0 Å². The minimum atomic E-state index is -4.73. The number of alkyl halides is 3. The molecule has 0 unspecified atom stereocenters. The maximum absolute atomic E-state index is 12.9. The Balaban J connectivity index is 2.94. The Bertz CT molecular complexity index is 480. The van der Waals surface area contributed by atoms with E-state index in [1.807, 2.05) is 0 Å². The maximum atomic E-state index is 12.9. The Morgan fingerprint density at radius 1 is 1.17 bits per heavy atom. The van der Waals surface area contributed by atoms with Crippen molar-refractivity contribution in [3.8, 4) is 0 Å². The summed E-state index contributed by atoms with van der Waals surface area (Å²) in [6.45, 7) is 0. The highest BCUT2D eigenvalue weighted by atomic mass is 19.4.